The number of nitrogens with zero attached hydrogens (tertiary/aromatic N) is 1. The molecule has 0 bridgehead atoms. The Balaban J connectivity index is 1.45. The number of hydrazine groups is 1. The van der Waals surface area contributed by atoms with Crippen LogP contribution in [0.25, 0.3) is 10.2 Å². The van der Waals surface area contributed by atoms with E-state index in [2.05, 4.69) is 15.8 Å². The van der Waals surface area contributed by atoms with Crippen molar-refractivity contribution in [3.8, 4) is 5.75 Å². The second-order valence-electron chi connectivity index (χ2n) is 6.57. The minimum absolute atomic E-state index is 0.242. The number of fused-ring (bicyclic) bond motifs is 1. The Bertz CT molecular complexity index is 966. The molecule has 1 aromatic heterocycles. The summed E-state index contributed by atoms with van der Waals surface area (Å²) in [5.41, 5.74) is 7.87. The highest BCUT2D eigenvalue weighted by atomic mass is 32.1. The molecular weight excluding hydrogens is 374 g/mol. The van der Waals surface area contributed by atoms with Crippen molar-refractivity contribution in [3.63, 3.8) is 0 Å². The first-order valence-electron chi connectivity index (χ1n) is 9.10. The largest absolute Gasteiger partial charge is 0.481 e. The molecule has 2 amide bonds. The van der Waals surface area contributed by atoms with Gasteiger partial charge in [-0.15, -0.1) is 11.3 Å². The second-order valence-corrected chi connectivity index (χ2v) is 7.69. The van der Waals surface area contributed by atoms with Gasteiger partial charge in [-0.1, -0.05) is 24.3 Å². The summed E-state index contributed by atoms with van der Waals surface area (Å²) in [4.78, 5) is 28.7. The fourth-order valence-corrected chi connectivity index (χ4v) is 3.61. The van der Waals surface area contributed by atoms with Crippen LogP contribution >= 0.6 is 11.3 Å². The Morgan fingerprint density at radius 3 is 2.68 bits per heavy atom. The van der Waals surface area contributed by atoms with Gasteiger partial charge in [0.05, 0.1) is 15.2 Å². The Kier molecular flexibility index (Phi) is 6.26. The quantitative estimate of drug-likeness (QED) is 0.624. The third kappa shape index (κ3) is 4.86. The van der Waals surface area contributed by atoms with Crippen molar-refractivity contribution >= 4 is 33.4 Å². The van der Waals surface area contributed by atoms with Gasteiger partial charge in [0, 0.05) is 12.8 Å². The number of carbonyl (C=O) groups is 2. The molecule has 7 heteroatoms. The van der Waals surface area contributed by atoms with Crippen molar-refractivity contribution in [2.75, 3.05) is 0 Å². The van der Waals surface area contributed by atoms with Crippen LogP contribution in [-0.2, 0) is 16.0 Å². The average Bonchev–Trinajstić information content (AvgIpc) is 3.11. The molecular formula is C21H23N3O3S. The first-order valence-corrected chi connectivity index (χ1v) is 9.91. The molecule has 0 aliphatic carbocycles. The maximum absolute atomic E-state index is 12.2. The van der Waals surface area contributed by atoms with E-state index in [9.17, 15) is 9.59 Å². The molecule has 0 spiro atoms. The predicted molar refractivity (Wildman–Crippen MR) is 110 cm³/mol. The van der Waals surface area contributed by atoms with E-state index in [1.165, 1.54) is 0 Å². The lowest BCUT2D eigenvalue weighted by Gasteiger charge is -2.17. The summed E-state index contributed by atoms with van der Waals surface area (Å²) < 4.78 is 6.81. The highest BCUT2D eigenvalue weighted by Crippen LogP contribution is 2.23. The normalized spacial score (nSPS) is 11.8. The van der Waals surface area contributed by atoms with E-state index in [4.69, 9.17) is 4.74 Å². The molecule has 2 N–H and O–H groups in total. The zero-order valence-corrected chi connectivity index (χ0v) is 16.9. The van der Waals surface area contributed by atoms with Crippen LogP contribution < -0.4 is 15.6 Å². The number of carbonyl (C=O) groups excluding carboxylic acids is 2. The monoisotopic (exact) mass is 397 g/mol. The van der Waals surface area contributed by atoms with Crippen molar-refractivity contribution in [3.05, 3.63) is 58.6 Å². The summed E-state index contributed by atoms with van der Waals surface area (Å²) in [5.74, 6) is -0.0226. The van der Waals surface area contributed by atoms with Gasteiger partial charge in [0.2, 0.25) is 5.91 Å². The van der Waals surface area contributed by atoms with Crippen molar-refractivity contribution < 1.29 is 14.3 Å². The predicted octanol–water partition coefficient (Wildman–Crippen LogP) is 3.46. The number of benzene rings is 2. The van der Waals surface area contributed by atoms with Gasteiger partial charge in [0.1, 0.15) is 5.75 Å². The zero-order valence-electron chi connectivity index (χ0n) is 16.1. The van der Waals surface area contributed by atoms with Crippen molar-refractivity contribution in [1.82, 2.24) is 15.8 Å². The van der Waals surface area contributed by atoms with Gasteiger partial charge in [0.15, 0.2) is 6.10 Å². The Morgan fingerprint density at radius 2 is 1.89 bits per heavy atom. The molecule has 0 aliphatic rings. The number of thiazole rings is 1. The minimum Gasteiger partial charge on any atom is -0.481 e. The topological polar surface area (TPSA) is 80.3 Å². The lowest BCUT2D eigenvalue weighted by Crippen LogP contribution is -2.47. The van der Waals surface area contributed by atoms with E-state index in [0.29, 0.717) is 12.2 Å². The number of amides is 2. The Hall–Kier alpha value is -2.93. The summed E-state index contributed by atoms with van der Waals surface area (Å²) in [6.07, 6.45) is 0.0344. The molecule has 6 nitrogen and oxygen atoms in total. The number of aryl methyl sites for hydroxylation is 2. The van der Waals surface area contributed by atoms with Crippen LogP contribution in [0.3, 0.4) is 0 Å². The smallest absolute Gasteiger partial charge is 0.279 e. The molecule has 0 saturated carbocycles. The summed E-state index contributed by atoms with van der Waals surface area (Å²) in [6.45, 7) is 5.57. The van der Waals surface area contributed by atoms with E-state index >= 15 is 0 Å². The number of ether oxygens (including phenoxy) is 1. The average molecular weight is 398 g/mol. The number of hydrogen-bond acceptors (Lipinski definition) is 5. The van der Waals surface area contributed by atoms with Crippen LogP contribution in [0, 0.1) is 13.8 Å². The maximum atomic E-state index is 12.2. The maximum Gasteiger partial charge on any atom is 0.279 e. The number of para-hydroxylation sites is 1. The van der Waals surface area contributed by atoms with E-state index in [1.54, 1.807) is 18.3 Å². The van der Waals surface area contributed by atoms with Gasteiger partial charge in [-0.25, -0.2) is 4.98 Å². The van der Waals surface area contributed by atoms with Crippen LogP contribution in [0.5, 0.6) is 5.75 Å². The molecule has 3 aromatic rings. The van der Waals surface area contributed by atoms with Crippen molar-refractivity contribution in [2.24, 2.45) is 0 Å². The summed E-state index contributed by atoms with van der Waals surface area (Å²) in [5, 5.41) is 0.898. The Labute approximate surface area is 167 Å². The summed E-state index contributed by atoms with van der Waals surface area (Å²) in [7, 11) is 0. The fourth-order valence-electron chi connectivity index (χ4n) is 2.64. The molecule has 28 heavy (non-hydrogen) atoms. The van der Waals surface area contributed by atoms with Gasteiger partial charge in [-0.2, -0.15) is 0 Å². The zero-order chi connectivity index (χ0) is 20.1. The third-order valence-corrected chi connectivity index (χ3v) is 5.55. The van der Waals surface area contributed by atoms with Crippen LogP contribution in [0.15, 0.2) is 42.5 Å². The number of nitrogens with one attached hydrogen (secondary N) is 2. The number of aromatic nitrogens is 1. The molecule has 0 saturated heterocycles. The molecule has 0 radical (unpaired) electrons. The van der Waals surface area contributed by atoms with Crippen LogP contribution in [0.2, 0.25) is 0 Å². The standard InChI is InChI=1S/C21H23N3O3S/c1-13-7-6-9-17(14(13)2)27-15(3)21(26)24-23-19(25)11-12-20-22-16-8-4-5-10-18(16)28-20/h4-10,15H,11-12H2,1-3H3,(H,23,25)(H,24,26)/t15-/m0/s1. The molecule has 0 aliphatic heterocycles. The van der Waals surface area contributed by atoms with E-state index in [1.807, 2.05) is 56.3 Å². The third-order valence-electron chi connectivity index (χ3n) is 4.46. The van der Waals surface area contributed by atoms with Crippen molar-refractivity contribution in [1.29, 1.82) is 0 Å². The Morgan fingerprint density at radius 1 is 1.11 bits per heavy atom. The molecule has 3 rings (SSSR count). The molecule has 0 unspecified atom stereocenters. The molecule has 1 atom stereocenters. The van der Waals surface area contributed by atoms with Gasteiger partial charge in [0.25, 0.3) is 5.91 Å². The van der Waals surface area contributed by atoms with Gasteiger partial charge < -0.3 is 4.74 Å². The molecule has 1 heterocycles. The molecule has 2 aromatic carbocycles. The van der Waals surface area contributed by atoms with Crippen LogP contribution in [0.1, 0.15) is 29.5 Å². The lowest BCUT2D eigenvalue weighted by molar-refractivity contribution is -0.132. The first kappa shape index (κ1) is 19.8. The van der Waals surface area contributed by atoms with Gasteiger partial charge in [-0.3, -0.25) is 20.4 Å². The van der Waals surface area contributed by atoms with Crippen molar-refractivity contribution in [2.45, 2.75) is 39.7 Å². The van der Waals surface area contributed by atoms with Gasteiger partial charge >= 0.3 is 0 Å². The molecule has 0 fully saturated rings. The van der Waals surface area contributed by atoms with E-state index in [0.717, 1.165) is 26.4 Å². The first-order chi connectivity index (χ1) is 13.4. The number of rotatable bonds is 6. The summed E-state index contributed by atoms with van der Waals surface area (Å²) in [6, 6.07) is 13.6. The second kappa shape index (κ2) is 8.84. The highest BCUT2D eigenvalue weighted by Gasteiger charge is 2.17. The van der Waals surface area contributed by atoms with E-state index in [-0.39, 0.29) is 12.3 Å². The van der Waals surface area contributed by atoms with E-state index < -0.39 is 12.0 Å². The highest BCUT2D eigenvalue weighted by molar-refractivity contribution is 7.18. The van der Waals surface area contributed by atoms with Crippen LogP contribution in [-0.4, -0.2) is 22.9 Å². The lowest BCUT2D eigenvalue weighted by atomic mass is 10.1. The van der Waals surface area contributed by atoms with Gasteiger partial charge in [-0.05, 0) is 50.1 Å². The minimum atomic E-state index is -0.731. The summed E-state index contributed by atoms with van der Waals surface area (Å²) >= 11 is 1.57. The SMILES string of the molecule is Cc1cccc(O[C@@H](C)C(=O)NNC(=O)CCc2nc3ccccc3s2)c1C. The number of hydrogen-bond donors (Lipinski definition) is 2. The van der Waals surface area contributed by atoms with Crippen LogP contribution in [0.4, 0.5) is 0 Å². The fraction of sp³-hybridized carbons (Fsp3) is 0.286. The molecule has 146 valence electrons.